The van der Waals surface area contributed by atoms with E-state index in [2.05, 4.69) is 29.8 Å². The van der Waals surface area contributed by atoms with Crippen LogP contribution in [-0.4, -0.2) is 6.54 Å². The van der Waals surface area contributed by atoms with Crippen LogP contribution < -0.4 is 5.32 Å². The van der Waals surface area contributed by atoms with Crippen molar-refractivity contribution in [3.05, 3.63) is 22.4 Å². The molecule has 0 aliphatic heterocycles. The molecule has 2 heteroatoms. The first-order chi connectivity index (χ1) is 6.42. The molecule has 1 aliphatic rings. The lowest BCUT2D eigenvalue weighted by atomic mass is 9.79. The smallest absolute Gasteiger partial charge is 0.0443 e. The van der Waals surface area contributed by atoms with Gasteiger partial charge in [-0.15, -0.1) is 11.3 Å². The molecular weight excluding hydrogens is 178 g/mol. The topological polar surface area (TPSA) is 12.0 Å². The summed E-state index contributed by atoms with van der Waals surface area (Å²) in [4.78, 5) is 1.52. The van der Waals surface area contributed by atoms with Crippen molar-refractivity contribution in [3.8, 4) is 0 Å². The van der Waals surface area contributed by atoms with Gasteiger partial charge in [-0.1, -0.05) is 19.4 Å². The van der Waals surface area contributed by atoms with Gasteiger partial charge in [-0.25, -0.2) is 0 Å². The summed E-state index contributed by atoms with van der Waals surface area (Å²) < 4.78 is 0. The molecule has 1 fully saturated rings. The molecule has 2 rings (SSSR count). The summed E-state index contributed by atoms with van der Waals surface area (Å²) >= 11 is 1.89. The van der Waals surface area contributed by atoms with E-state index >= 15 is 0 Å². The van der Waals surface area contributed by atoms with Crippen LogP contribution in [0.1, 0.15) is 37.1 Å². The van der Waals surface area contributed by atoms with Crippen molar-refractivity contribution in [1.82, 2.24) is 5.32 Å². The van der Waals surface area contributed by atoms with E-state index in [0.29, 0.717) is 6.04 Å². The second-order valence-corrected chi connectivity index (χ2v) is 4.72. The largest absolute Gasteiger partial charge is 0.309 e. The fourth-order valence-corrected chi connectivity index (χ4v) is 2.85. The molecule has 1 heterocycles. The highest BCUT2D eigenvalue weighted by atomic mass is 32.1. The zero-order chi connectivity index (χ0) is 9.10. The maximum atomic E-state index is 3.60. The second-order valence-electron chi connectivity index (χ2n) is 3.74. The third-order valence-corrected chi connectivity index (χ3v) is 3.85. The number of hydrogen-bond donors (Lipinski definition) is 1. The van der Waals surface area contributed by atoms with Gasteiger partial charge in [-0.05, 0) is 36.8 Å². The first-order valence-corrected chi connectivity index (χ1v) is 6.06. The Balaban J connectivity index is 2.04. The molecule has 1 aliphatic carbocycles. The van der Waals surface area contributed by atoms with Gasteiger partial charge in [0.25, 0.3) is 0 Å². The number of nitrogens with one attached hydrogen (secondary N) is 1. The summed E-state index contributed by atoms with van der Waals surface area (Å²) in [6.45, 7) is 3.28. The first kappa shape index (κ1) is 9.22. The summed E-state index contributed by atoms with van der Waals surface area (Å²) in [5.74, 6) is 0.901. The number of rotatable bonds is 4. The molecule has 1 N–H and O–H groups in total. The zero-order valence-electron chi connectivity index (χ0n) is 8.12. The predicted molar refractivity (Wildman–Crippen MR) is 58.1 cm³/mol. The Labute approximate surface area is 84.2 Å². The summed E-state index contributed by atoms with van der Waals surface area (Å²) in [5.41, 5.74) is 0. The first-order valence-electron chi connectivity index (χ1n) is 5.18. The van der Waals surface area contributed by atoms with Crippen LogP contribution in [0.2, 0.25) is 0 Å². The Morgan fingerprint density at radius 1 is 1.62 bits per heavy atom. The van der Waals surface area contributed by atoms with E-state index in [1.807, 2.05) is 11.3 Å². The fourth-order valence-electron chi connectivity index (χ4n) is 1.96. The van der Waals surface area contributed by atoms with Crippen LogP contribution in [0.4, 0.5) is 0 Å². The van der Waals surface area contributed by atoms with Crippen LogP contribution in [0.5, 0.6) is 0 Å². The van der Waals surface area contributed by atoms with E-state index in [-0.39, 0.29) is 0 Å². The van der Waals surface area contributed by atoms with Crippen LogP contribution in [0.3, 0.4) is 0 Å². The Morgan fingerprint density at radius 2 is 2.46 bits per heavy atom. The fraction of sp³-hybridized carbons (Fsp3) is 0.636. The van der Waals surface area contributed by atoms with Gasteiger partial charge in [-0.2, -0.15) is 0 Å². The van der Waals surface area contributed by atoms with E-state index < -0.39 is 0 Å². The number of hydrogen-bond acceptors (Lipinski definition) is 2. The van der Waals surface area contributed by atoms with Crippen molar-refractivity contribution in [3.63, 3.8) is 0 Å². The van der Waals surface area contributed by atoms with Gasteiger partial charge in [-0.3, -0.25) is 0 Å². The Hall–Kier alpha value is -0.340. The van der Waals surface area contributed by atoms with E-state index in [4.69, 9.17) is 0 Å². The lowest BCUT2D eigenvalue weighted by molar-refractivity contribution is 0.236. The molecule has 0 bridgehead atoms. The molecule has 0 amide bonds. The lowest BCUT2D eigenvalue weighted by Crippen LogP contribution is -2.31. The Kier molecular flexibility index (Phi) is 3.01. The van der Waals surface area contributed by atoms with Crippen LogP contribution in [0, 0.1) is 5.92 Å². The zero-order valence-corrected chi connectivity index (χ0v) is 8.94. The van der Waals surface area contributed by atoms with Crippen LogP contribution in [0.15, 0.2) is 17.5 Å². The minimum atomic E-state index is 0.638. The molecule has 1 unspecified atom stereocenters. The molecule has 0 saturated heterocycles. The van der Waals surface area contributed by atoms with Gasteiger partial charge < -0.3 is 5.32 Å². The maximum absolute atomic E-state index is 3.60. The average molecular weight is 195 g/mol. The maximum Gasteiger partial charge on any atom is 0.0443 e. The van der Waals surface area contributed by atoms with Gasteiger partial charge in [0.05, 0.1) is 0 Å². The SMILES string of the molecule is CCNC(c1cccs1)C1CCC1. The molecule has 0 radical (unpaired) electrons. The Bertz CT molecular complexity index is 239. The van der Waals surface area contributed by atoms with Gasteiger partial charge in [0, 0.05) is 10.9 Å². The molecular formula is C11H17NS. The molecule has 1 aromatic rings. The van der Waals surface area contributed by atoms with Gasteiger partial charge >= 0.3 is 0 Å². The van der Waals surface area contributed by atoms with E-state index in [9.17, 15) is 0 Å². The number of thiophene rings is 1. The van der Waals surface area contributed by atoms with Crippen LogP contribution in [0.25, 0.3) is 0 Å². The van der Waals surface area contributed by atoms with Gasteiger partial charge in [0.1, 0.15) is 0 Å². The van der Waals surface area contributed by atoms with Crippen molar-refractivity contribution in [2.24, 2.45) is 5.92 Å². The van der Waals surface area contributed by atoms with Crippen molar-refractivity contribution >= 4 is 11.3 Å². The highest BCUT2D eigenvalue weighted by molar-refractivity contribution is 7.10. The third kappa shape index (κ3) is 1.94. The molecule has 1 nitrogen and oxygen atoms in total. The molecule has 1 saturated carbocycles. The van der Waals surface area contributed by atoms with Crippen molar-refractivity contribution in [2.75, 3.05) is 6.54 Å². The predicted octanol–water partition coefficient (Wildman–Crippen LogP) is 3.20. The monoisotopic (exact) mass is 195 g/mol. The highest BCUT2D eigenvalue weighted by Crippen LogP contribution is 2.38. The molecule has 0 spiro atoms. The normalized spacial score (nSPS) is 19.8. The van der Waals surface area contributed by atoms with E-state index in [1.165, 1.54) is 24.1 Å². The summed E-state index contributed by atoms with van der Waals surface area (Å²) in [5, 5.41) is 5.78. The molecule has 0 aromatic carbocycles. The quantitative estimate of drug-likeness (QED) is 0.778. The van der Waals surface area contributed by atoms with Crippen LogP contribution >= 0.6 is 11.3 Å². The average Bonchev–Trinajstić information content (AvgIpc) is 2.51. The summed E-state index contributed by atoms with van der Waals surface area (Å²) in [7, 11) is 0. The van der Waals surface area contributed by atoms with Crippen molar-refractivity contribution in [1.29, 1.82) is 0 Å². The minimum Gasteiger partial charge on any atom is -0.309 e. The van der Waals surface area contributed by atoms with Crippen molar-refractivity contribution in [2.45, 2.75) is 32.2 Å². The Morgan fingerprint density at radius 3 is 2.92 bits per heavy atom. The summed E-state index contributed by atoms with van der Waals surface area (Å²) in [6, 6.07) is 5.05. The van der Waals surface area contributed by atoms with Crippen LogP contribution in [-0.2, 0) is 0 Å². The third-order valence-electron chi connectivity index (χ3n) is 2.89. The molecule has 1 aromatic heterocycles. The molecule has 72 valence electrons. The van der Waals surface area contributed by atoms with E-state index in [1.54, 1.807) is 0 Å². The highest BCUT2D eigenvalue weighted by Gasteiger charge is 2.28. The van der Waals surface area contributed by atoms with Crippen molar-refractivity contribution < 1.29 is 0 Å². The minimum absolute atomic E-state index is 0.638. The molecule has 1 atom stereocenters. The van der Waals surface area contributed by atoms with Gasteiger partial charge in [0.2, 0.25) is 0 Å². The molecule has 13 heavy (non-hydrogen) atoms. The van der Waals surface area contributed by atoms with Gasteiger partial charge in [0.15, 0.2) is 0 Å². The standard InChI is InChI=1S/C11H17NS/c1-2-12-11(9-5-3-6-9)10-7-4-8-13-10/h4,7-9,11-12H,2-3,5-6H2,1H3. The second kappa shape index (κ2) is 4.25. The lowest BCUT2D eigenvalue weighted by Gasteiger charge is -2.33. The summed E-state index contributed by atoms with van der Waals surface area (Å²) in [6.07, 6.45) is 4.25. The van der Waals surface area contributed by atoms with E-state index in [0.717, 1.165) is 12.5 Å².